The summed E-state index contributed by atoms with van der Waals surface area (Å²) in [5.74, 6) is 1.67. The molecule has 1 aromatic heterocycles. The molecule has 0 aliphatic carbocycles. The Morgan fingerprint density at radius 1 is 1.17 bits per heavy atom. The summed E-state index contributed by atoms with van der Waals surface area (Å²) < 4.78 is 10.8. The van der Waals surface area contributed by atoms with E-state index in [0.717, 1.165) is 56.3 Å². The lowest BCUT2D eigenvalue weighted by molar-refractivity contribution is 0.0746. The summed E-state index contributed by atoms with van der Waals surface area (Å²) in [7, 11) is 1.67. The van der Waals surface area contributed by atoms with Crippen LogP contribution in [-0.2, 0) is 4.74 Å². The summed E-state index contributed by atoms with van der Waals surface area (Å²) in [5, 5.41) is 3.29. The van der Waals surface area contributed by atoms with E-state index in [0.29, 0.717) is 18.7 Å². The molecule has 1 atom stereocenters. The van der Waals surface area contributed by atoms with E-state index < -0.39 is 0 Å². The number of nitrogens with zero attached hydrogens (tertiary/aromatic N) is 3. The number of benzene rings is 1. The number of anilines is 2. The van der Waals surface area contributed by atoms with Crippen molar-refractivity contribution in [3.05, 3.63) is 48.2 Å². The number of piperazine rings is 1. The Hall–Kier alpha value is -2.80. The molecule has 0 bridgehead atoms. The Bertz CT molecular complexity index is 796. The molecule has 7 heteroatoms. The van der Waals surface area contributed by atoms with E-state index in [-0.39, 0.29) is 12.0 Å². The molecule has 0 spiro atoms. The number of amides is 1. The van der Waals surface area contributed by atoms with E-state index in [1.54, 1.807) is 13.3 Å². The molecular weight excluding hydrogens is 368 g/mol. The first-order valence-electron chi connectivity index (χ1n) is 10.2. The Morgan fingerprint density at radius 3 is 2.59 bits per heavy atom. The molecule has 3 heterocycles. The van der Waals surface area contributed by atoms with Crippen molar-refractivity contribution in [2.75, 3.05) is 56.7 Å². The first-order chi connectivity index (χ1) is 14.2. The zero-order valence-electron chi connectivity index (χ0n) is 16.8. The van der Waals surface area contributed by atoms with Gasteiger partial charge in [0, 0.05) is 51.2 Å². The number of hydrogen-bond donors (Lipinski definition) is 1. The lowest BCUT2D eigenvalue weighted by Gasteiger charge is -2.36. The van der Waals surface area contributed by atoms with Gasteiger partial charge in [0.15, 0.2) is 0 Å². The van der Waals surface area contributed by atoms with E-state index in [2.05, 4.69) is 27.3 Å². The molecule has 1 amide bonds. The van der Waals surface area contributed by atoms with Crippen LogP contribution in [0.1, 0.15) is 23.2 Å². The van der Waals surface area contributed by atoms with Crippen LogP contribution in [0.3, 0.4) is 0 Å². The van der Waals surface area contributed by atoms with E-state index in [9.17, 15) is 4.79 Å². The molecule has 0 saturated carbocycles. The van der Waals surface area contributed by atoms with Crippen LogP contribution >= 0.6 is 0 Å². The van der Waals surface area contributed by atoms with E-state index in [1.807, 2.05) is 29.2 Å². The number of carbonyl (C=O) groups is 1. The van der Waals surface area contributed by atoms with Gasteiger partial charge in [0.2, 0.25) is 0 Å². The fourth-order valence-electron chi connectivity index (χ4n) is 3.79. The molecule has 2 aliphatic rings. The van der Waals surface area contributed by atoms with E-state index in [4.69, 9.17) is 9.47 Å². The lowest BCUT2D eigenvalue weighted by atomic mass is 10.2. The molecule has 2 aromatic rings. The van der Waals surface area contributed by atoms with Gasteiger partial charge in [-0.05, 0) is 49.2 Å². The van der Waals surface area contributed by atoms with Crippen molar-refractivity contribution in [2.45, 2.75) is 18.9 Å². The molecule has 1 aromatic carbocycles. The summed E-state index contributed by atoms with van der Waals surface area (Å²) >= 11 is 0. The van der Waals surface area contributed by atoms with Crippen LogP contribution < -0.4 is 15.0 Å². The van der Waals surface area contributed by atoms with E-state index in [1.165, 1.54) is 0 Å². The van der Waals surface area contributed by atoms with Crippen molar-refractivity contribution in [3.63, 3.8) is 0 Å². The van der Waals surface area contributed by atoms with Gasteiger partial charge < -0.3 is 24.6 Å². The summed E-state index contributed by atoms with van der Waals surface area (Å²) in [6, 6.07) is 11.8. The number of carbonyl (C=O) groups excluding carboxylic acids is 1. The minimum atomic E-state index is 0.0394. The predicted octanol–water partition coefficient (Wildman–Crippen LogP) is 2.64. The minimum Gasteiger partial charge on any atom is -0.497 e. The smallest absolute Gasteiger partial charge is 0.255 e. The highest BCUT2D eigenvalue weighted by atomic mass is 16.5. The monoisotopic (exact) mass is 396 g/mol. The number of methoxy groups -OCH3 is 1. The van der Waals surface area contributed by atoms with Gasteiger partial charge in [-0.2, -0.15) is 0 Å². The molecule has 2 fully saturated rings. The molecule has 7 nitrogen and oxygen atoms in total. The summed E-state index contributed by atoms with van der Waals surface area (Å²) in [6.45, 7) is 4.62. The van der Waals surface area contributed by atoms with Gasteiger partial charge in [0.1, 0.15) is 11.6 Å². The fourth-order valence-corrected chi connectivity index (χ4v) is 3.79. The van der Waals surface area contributed by atoms with Crippen LogP contribution in [0, 0.1) is 0 Å². The zero-order chi connectivity index (χ0) is 20.1. The molecule has 2 saturated heterocycles. The molecule has 154 valence electrons. The second-order valence-electron chi connectivity index (χ2n) is 7.43. The van der Waals surface area contributed by atoms with Crippen LogP contribution in [0.4, 0.5) is 11.5 Å². The third kappa shape index (κ3) is 4.79. The van der Waals surface area contributed by atoms with Crippen molar-refractivity contribution in [1.82, 2.24) is 9.88 Å². The molecular formula is C22H28N4O3. The quantitative estimate of drug-likeness (QED) is 0.810. The molecule has 1 unspecified atom stereocenters. The van der Waals surface area contributed by atoms with Gasteiger partial charge in [-0.1, -0.05) is 0 Å². The maximum atomic E-state index is 12.8. The van der Waals surface area contributed by atoms with Gasteiger partial charge in [0.05, 0.1) is 18.8 Å². The summed E-state index contributed by atoms with van der Waals surface area (Å²) in [6.07, 6.45) is 4.14. The largest absolute Gasteiger partial charge is 0.497 e. The van der Waals surface area contributed by atoms with Crippen molar-refractivity contribution in [2.24, 2.45) is 0 Å². The molecule has 29 heavy (non-hydrogen) atoms. The number of ether oxygens (including phenoxy) is 2. The third-order valence-corrected chi connectivity index (χ3v) is 5.55. The summed E-state index contributed by atoms with van der Waals surface area (Å²) in [4.78, 5) is 21.4. The maximum absolute atomic E-state index is 12.8. The van der Waals surface area contributed by atoms with Crippen LogP contribution in [0.5, 0.6) is 5.75 Å². The van der Waals surface area contributed by atoms with Gasteiger partial charge in [-0.3, -0.25) is 4.79 Å². The second kappa shape index (κ2) is 9.13. The number of rotatable bonds is 6. The van der Waals surface area contributed by atoms with Crippen LogP contribution in [0.25, 0.3) is 0 Å². The number of aromatic nitrogens is 1. The topological polar surface area (TPSA) is 66.9 Å². The fraction of sp³-hybridized carbons (Fsp3) is 0.455. The minimum absolute atomic E-state index is 0.0394. The average molecular weight is 396 g/mol. The standard InChI is InChI=1S/C22H28N4O3/c1-28-19-7-5-18(6-8-19)25-10-12-26(13-11-25)22(27)17-4-9-21(23-15-17)24-16-20-3-2-14-29-20/h4-9,15,20H,2-3,10-14,16H2,1H3,(H,23,24). The summed E-state index contributed by atoms with van der Waals surface area (Å²) in [5.41, 5.74) is 1.78. The van der Waals surface area contributed by atoms with Gasteiger partial charge in [0.25, 0.3) is 5.91 Å². The molecule has 1 N–H and O–H groups in total. The van der Waals surface area contributed by atoms with Crippen molar-refractivity contribution < 1.29 is 14.3 Å². The van der Waals surface area contributed by atoms with Gasteiger partial charge in [-0.15, -0.1) is 0 Å². The molecule has 0 radical (unpaired) electrons. The highest BCUT2D eigenvalue weighted by molar-refractivity contribution is 5.94. The number of pyridine rings is 1. The predicted molar refractivity (Wildman–Crippen MR) is 113 cm³/mol. The molecule has 2 aliphatic heterocycles. The van der Waals surface area contributed by atoms with Crippen molar-refractivity contribution in [1.29, 1.82) is 0 Å². The number of hydrogen-bond acceptors (Lipinski definition) is 6. The van der Waals surface area contributed by atoms with Crippen LogP contribution in [-0.4, -0.2) is 68.3 Å². The third-order valence-electron chi connectivity index (χ3n) is 5.55. The Kier molecular flexibility index (Phi) is 6.14. The SMILES string of the molecule is COc1ccc(N2CCN(C(=O)c3ccc(NCC4CCCO4)nc3)CC2)cc1. The van der Waals surface area contributed by atoms with Crippen molar-refractivity contribution in [3.8, 4) is 5.75 Å². The van der Waals surface area contributed by atoms with Gasteiger partial charge in [-0.25, -0.2) is 4.98 Å². The Balaban J connectivity index is 1.28. The van der Waals surface area contributed by atoms with Crippen LogP contribution in [0.15, 0.2) is 42.6 Å². The average Bonchev–Trinajstić information content (AvgIpc) is 3.31. The zero-order valence-corrected chi connectivity index (χ0v) is 16.8. The highest BCUT2D eigenvalue weighted by Crippen LogP contribution is 2.21. The highest BCUT2D eigenvalue weighted by Gasteiger charge is 2.23. The van der Waals surface area contributed by atoms with Crippen LogP contribution in [0.2, 0.25) is 0 Å². The first-order valence-corrected chi connectivity index (χ1v) is 10.2. The number of nitrogens with one attached hydrogen (secondary N) is 1. The normalized spacial score (nSPS) is 19.3. The molecule has 4 rings (SSSR count). The van der Waals surface area contributed by atoms with Gasteiger partial charge >= 0.3 is 0 Å². The van der Waals surface area contributed by atoms with E-state index >= 15 is 0 Å². The first kappa shape index (κ1) is 19.5. The Morgan fingerprint density at radius 2 is 1.97 bits per heavy atom. The second-order valence-corrected chi connectivity index (χ2v) is 7.43. The maximum Gasteiger partial charge on any atom is 0.255 e. The Labute approximate surface area is 171 Å². The lowest BCUT2D eigenvalue weighted by Crippen LogP contribution is -2.48. The van der Waals surface area contributed by atoms with Crippen molar-refractivity contribution >= 4 is 17.4 Å².